The number of rotatable bonds is 6. The number of nitrogens with zero attached hydrogens (tertiary/aromatic N) is 1. The van der Waals surface area contributed by atoms with Gasteiger partial charge in [0.15, 0.2) is 0 Å². The molecule has 2 rings (SSSR count). The van der Waals surface area contributed by atoms with Crippen LogP contribution in [0.25, 0.3) is 0 Å². The van der Waals surface area contributed by atoms with E-state index in [1.807, 2.05) is 4.90 Å². The molecule has 0 saturated carbocycles. The van der Waals surface area contributed by atoms with Crippen molar-refractivity contribution in [2.24, 2.45) is 0 Å². The lowest BCUT2D eigenvalue weighted by Crippen LogP contribution is -2.56. The molecule has 1 saturated heterocycles. The molecule has 0 spiro atoms. The first-order chi connectivity index (χ1) is 11.5. The van der Waals surface area contributed by atoms with E-state index in [-0.39, 0.29) is 36.5 Å². The van der Waals surface area contributed by atoms with Crippen LogP contribution in [0.5, 0.6) is 0 Å². The van der Waals surface area contributed by atoms with Crippen molar-refractivity contribution in [2.45, 2.75) is 19.0 Å². The summed E-state index contributed by atoms with van der Waals surface area (Å²) in [5.74, 6) is -1.28. The van der Waals surface area contributed by atoms with Crippen molar-refractivity contribution in [2.75, 3.05) is 26.7 Å². The van der Waals surface area contributed by atoms with Crippen molar-refractivity contribution in [1.29, 1.82) is 0 Å². The zero-order chi connectivity index (χ0) is 17.5. The number of hydrogen-bond donors (Lipinski definition) is 3. The van der Waals surface area contributed by atoms with Crippen LogP contribution in [0, 0.1) is 5.82 Å². The van der Waals surface area contributed by atoms with Crippen LogP contribution in [-0.2, 0) is 20.9 Å². The molecule has 1 atom stereocenters. The quantitative estimate of drug-likeness (QED) is 0.646. The van der Waals surface area contributed by atoms with E-state index >= 15 is 0 Å². The lowest BCUT2D eigenvalue weighted by atomic mass is 10.1. The van der Waals surface area contributed by atoms with Gasteiger partial charge in [-0.1, -0.05) is 12.1 Å². The molecule has 130 valence electrons. The summed E-state index contributed by atoms with van der Waals surface area (Å²) in [4.78, 5) is 37.1. The van der Waals surface area contributed by atoms with E-state index in [1.54, 1.807) is 12.1 Å². The number of amides is 3. The van der Waals surface area contributed by atoms with E-state index in [2.05, 4.69) is 16.0 Å². The zero-order valence-corrected chi connectivity index (χ0v) is 13.5. The molecule has 0 aromatic heterocycles. The number of carbonyl (C=O) groups excluding carboxylic acids is 3. The molecular weight excluding hydrogens is 315 g/mol. The van der Waals surface area contributed by atoms with E-state index in [4.69, 9.17) is 0 Å². The summed E-state index contributed by atoms with van der Waals surface area (Å²) >= 11 is 0. The zero-order valence-electron chi connectivity index (χ0n) is 13.5. The topological polar surface area (TPSA) is 90.5 Å². The summed E-state index contributed by atoms with van der Waals surface area (Å²) in [5, 5.41) is 7.60. The van der Waals surface area contributed by atoms with Gasteiger partial charge in [0.05, 0.1) is 19.0 Å². The average Bonchev–Trinajstić information content (AvgIpc) is 2.56. The fraction of sp³-hybridized carbons (Fsp3) is 0.438. The second-order valence-electron chi connectivity index (χ2n) is 5.56. The predicted molar refractivity (Wildman–Crippen MR) is 85.3 cm³/mol. The first kappa shape index (κ1) is 17.9. The largest absolute Gasteiger partial charge is 0.358 e. The van der Waals surface area contributed by atoms with E-state index in [9.17, 15) is 18.8 Å². The van der Waals surface area contributed by atoms with Crippen molar-refractivity contribution < 1.29 is 18.8 Å². The maximum Gasteiger partial charge on any atom is 0.239 e. The first-order valence-corrected chi connectivity index (χ1v) is 7.73. The van der Waals surface area contributed by atoms with Gasteiger partial charge in [0.1, 0.15) is 5.82 Å². The summed E-state index contributed by atoms with van der Waals surface area (Å²) in [5.41, 5.74) is 0.737. The number of hydrogen-bond acceptors (Lipinski definition) is 4. The Morgan fingerprint density at radius 3 is 2.88 bits per heavy atom. The summed E-state index contributed by atoms with van der Waals surface area (Å²) < 4.78 is 13.3. The molecule has 7 nitrogen and oxygen atoms in total. The monoisotopic (exact) mass is 336 g/mol. The normalized spacial score (nSPS) is 17.9. The third-order valence-corrected chi connectivity index (χ3v) is 3.82. The first-order valence-electron chi connectivity index (χ1n) is 7.73. The van der Waals surface area contributed by atoms with Gasteiger partial charge in [-0.05, 0) is 17.7 Å². The lowest BCUT2D eigenvalue weighted by Gasteiger charge is -2.34. The summed E-state index contributed by atoms with van der Waals surface area (Å²) in [6.07, 6.45) is -0.0574. The number of nitrogens with one attached hydrogen (secondary N) is 3. The fourth-order valence-electron chi connectivity index (χ4n) is 2.56. The number of piperazine rings is 1. The van der Waals surface area contributed by atoms with Gasteiger partial charge in [-0.25, -0.2) is 4.39 Å². The Balaban J connectivity index is 1.99. The summed E-state index contributed by atoms with van der Waals surface area (Å²) in [7, 11) is 1.48. The van der Waals surface area contributed by atoms with E-state index in [1.165, 1.54) is 19.2 Å². The van der Waals surface area contributed by atoms with Crippen molar-refractivity contribution in [3.63, 3.8) is 0 Å². The molecule has 3 amide bonds. The highest BCUT2D eigenvalue weighted by molar-refractivity contribution is 5.90. The Morgan fingerprint density at radius 2 is 2.17 bits per heavy atom. The van der Waals surface area contributed by atoms with Gasteiger partial charge >= 0.3 is 0 Å². The van der Waals surface area contributed by atoms with Crippen LogP contribution in [0.1, 0.15) is 12.0 Å². The Kier molecular flexibility index (Phi) is 6.25. The van der Waals surface area contributed by atoms with E-state index in [0.29, 0.717) is 19.6 Å². The Hall–Kier alpha value is -2.48. The maximum atomic E-state index is 13.3. The predicted octanol–water partition coefficient (Wildman–Crippen LogP) is -0.622. The van der Waals surface area contributed by atoms with Gasteiger partial charge < -0.3 is 16.0 Å². The SMILES string of the molecule is CNC(=O)CNC(=O)CC1C(=O)NCCN1Cc1cccc(F)c1. The van der Waals surface area contributed by atoms with Gasteiger partial charge in [0.2, 0.25) is 17.7 Å². The standard InChI is InChI=1S/C16H21FN4O3/c1-18-15(23)9-20-14(22)8-13-16(24)19-5-6-21(13)10-11-3-2-4-12(17)7-11/h2-4,7,13H,5-6,8-10H2,1H3,(H,18,23)(H,19,24)(H,20,22). The van der Waals surface area contributed by atoms with Gasteiger partial charge in [-0.15, -0.1) is 0 Å². The minimum absolute atomic E-state index is 0.0574. The molecule has 3 N–H and O–H groups in total. The number of halogens is 1. The number of benzene rings is 1. The second-order valence-corrected chi connectivity index (χ2v) is 5.56. The third kappa shape index (κ3) is 5.02. The molecule has 1 aliphatic heterocycles. The molecule has 1 fully saturated rings. The minimum atomic E-state index is -0.647. The highest BCUT2D eigenvalue weighted by atomic mass is 19.1. The van der Waals surface area contributed by atoms with Crippen molar-refractivity contribution in [1.82, 2.24) is 20.9 Å². The van der Waals surface area contributed by atoms with E-state index in [0.717, 1.165) is 5.56 Å². The van der Waals surface area contributed by atoms with Crippen LogP contribution in [0.3, 0.4) is 0 Å². The highest BCUT2D eigenvalue weighted by Gasteiger charge is 2.31. The van der Waals surface area contributed by atoms with Gasteiger partial charge in [0.25, 0.3) is 0 Å². The molecule has 1 heterocycles. The molecule has 1 aromatic rings. The van der Waals surface area contributed by atoms with Crippen LogP contribution in [0.4, 0.5) is 4.39 Å². The van der Waals surface area contributed by atoms with Crippen LogP contribution < -0.4 is 16.0 Å². The molecule has 1 aliphatic rings. The van der Waals surface area contributed by atoms with Gasteiger partial charge in [-0.3, -0.25) is 19.3 Å². The molecule has 8 heteroatoms. The van der Waals surface area contributed by atoms with Crippen molar-refractivity contribution in [3.8, 4) is 0 Å². The smallest absolute Gasteiger partial charge is 0.239 e. The van der Waals surface area contributed by atoms with Gasteiger partial charge in [0, 0.05) is 26.7 Å². The Bertz CT molecular complexity index is 623. The molecule has 1 aromatic carbocycles. The Labute approximate surface area is 139 Å². The molecule has 0 bridgehead atoms. The van der Waals surface area contributed by atoms with Gasteiger partial charge in [-0.2, -0.15) is 0 Å². The van der Waals surface area contributed by atoms with E-state index < -0.39 is 6.04 Å². The summed E-state index contributed by atoms with van der Waals surface area (Å²) in [6, 6.07) is 5.51. The van der Waals surface area contributed by atoms with Crippen LogP contribution in [-0.4, -0.2) is 55.3 Å². The molecule has 1 unspecified atom stereocenters. The third-order valence-electron chi connectivity index (χ3n) is 3.82. The second kappa shape index (κ2) is 8.39. The van der Waals surface area contributed by atoms with Crippen LogP contribution >= 0.6 is 0 Å². The number of carbonyl (C=O) groups is 3. The molecular formula is C16H21FN4O3. The molecule has 24 heavy (non-hydrogen) atoms. The highest BCUT2D eigenvalue weighted by Crippen LogP contribution is 2.14. The maximum absolute atomic E-state index is 13.3. The molecule has 0 radical (unpaired) electrons. The number of likely N-dealkylation sites (N-methyl/N-ethyl adjacent to an activating group) is 1. The van der Waals surface area contributed by atoms with Crippen molar-refractivity contribution >= 4 is 17.7 Å². The Morgan fingerprint density at radius 1 is 1.38 bits per heavy atom. The average molecular weight is 336 g/mol. The van der Waals surface area contributed by atoms with Crippen LogP contribution in [0.2, 0.25) is 0 Å². The summed E-state index contributed by atoms with van der Waals surface area (Å²) in [6.45, 7) is 1.28. The van der Waals surface area contributed by atoms with Crippen molar-refractivity contribution in [3.05, 3.63) is 35.6 Å². The molecule has 0 aliphatic carbocycles. The van der Waals surface area contributed by atoms with Crippen LogP contribution in [0.15, 0.2) is 24.3 Å². The lowest BCUT2D eigenvalue weighted by molar-refractivity contribution is -0.134. The minimum Gasteiger partial charge on any atom is -0.358 e. The fourth-order valence-corrected chi connectivity index (χ4v) is 2.56.